The molecule has 0 aromatic heterocycles. The molecular weight excluding hydrogens is 230 g/mol. The molecule has 0 nitrogen and oxygen atoms in total. The number of hydrogen-bond acceptors (Lipinski definition) is 0. The van der Waals surface area contributed by atoms with Crippen molar-refractivity contribution < 1.29 is 8.78 Å². The van der Waals surface area contributed by atoms with Gasteiger partial charge in [-0.25, -0.2) is 8.78 Å². The van der Waals surface area contributed by atoms with Gasteiger partial charge in [-0.3, -0.25) is 0 Å². The quantitative estimate of drug-likeness (QED) is 0.716. The van der Waals surface area contributed by atoms with Crippen LogP contribution in [0, 0.1) is 5.82 Å². The highest BCUT2D eigenvalue weighted by molar-refractivity contribution is 6.31. The molecule has 0 saturated carbocycles. The van der Waals surface area contributed by atoms with Gasteiger partial charge in [0.15, 0.2) is 0 Å². The van der Waals surface area contributed by atoms with Crippen LogP contribution in [0.25, 0.3) is 11.1 Å². The van der Waals surface area contributed by atoms with Crippen LogP contribution >= 0.6 is 11.6 Å². The number of benzene rings is 2. The number of hydrogen-bond donors (Lipinski definition) is 0. The minimum Gasteiger partial charge on any atom is -0.246 e. The van der Waals surface area contributed by atoms with Crippen LogP contribution < -0.4 is 0 Å². The maximum Gasteiger partial charge on any atom is 0.123 e. The Balaban J connectivity index is 2.55. The summed E-state index contributed by atoms with van der Waals surface area (Å²) in [5.41, 5.74) is 1.90. The Kier molecular flexibility index (Phi) is 3.20. The van der Waals surface area contributed by atoms with Crippen molar-refractivity contribution in [3.8, 4) is 11.1 Å². The van der Waals surface area contributed by atoms with E-state index in [0.717, 1.165) is 5.56 Å². The molecule has 0 aliphatic rings. The van der Waals surface area contributed by atoms with E-state index < -0.39 is 6.67 Å². The van der Waals surface area contributed by atoms with E-state index in [0.29, 0.717) is 16.1 Å². The molecule has 0 saturated heterocycles. The van der Waals surface area contributed by atoms with Crippen LogP contribution in [-0.4, -0.2) is 0 Å². The molecule has 3 heteroatoms. The summed E-state index contributed by atoms with van der Waals surface area (Å²) in [6.07, 6.45) is 0. The topological polar surface area (TPSA) is 0 Å². The molecule has 2 rings (SSSR count). The third-order valence-corrected chi connectivity index (χ3v) is 2.76. The lowest BCUT2D eigenvalue weighted by molar-refractivity contribution is 0.486. The van der Waals surface area contributed by atoms with Crippen molar-refractivity contribution in [2.45, 2.75) is 6.67 Å². The van der Waals surface area contributed by atoms with Gasteiger partial charge in [0.25, 0.3) is 0 Å². The highest BCUT2D eigenvalue weighted by atomic mass is 35.5. The van der Waals surface area contributed by atoms with Crippen LogP contribution in [0.5, 0.6) is 0 Å². The van der Waals surface area contributed by atoms with Crippen molar-refractivity contribution >= 4 is 11.6 Å². The monoisotopic (exact) mass is 238 g/mol. The predicted molar refractivity (Wildman–Crippen MR) is 61.7 cm³/mol. The van der Waals surface area contributed by atoms with Gasteiger partial charge in [0.2, 0.25) is 0 Å². The highest BCUT2D eigenvalue weighted by Gasteiger charge is 2.08. The molecule has 2 aromatic carbocycles. The molecule has 0 aliphatic carbocycles. The zero-order valence-electron chi connectivity index (χ0n) is 8.38. The first-order valence-electron chi connectivity index (χ1n) is 4.81. The van der Waals surface area contributed by atoms with Gasteiger partial charge < -0.3 is 0 Å². The standard InChI is InChI=1S/C13H9ClF2/c14-13-3-1-2-11(12(13)8-15)9-4-6-10(16)7-5-9/h1-7H,8H2. The van der Waals surface area contributed by atoms with E-state index in [1.165, 1.54) is 12.1 Å². The van der Waals surface area contributed by atoms with Crippen molar-refractivity contribution in [3.63, 3.8) is 0 Å². The minimum atomic E-state index is -0.633. The average molecular weight is 239 g/mol. The Morgan fingerprint density at radius 3 is 2.31 bits per heavy atom. The Bertz CT molecular complexity index is 492. The maximum atomic E-state index is 12.9. The lowest BCUT2D eigenvalue weighted by Crippen LogP contribution is -1.88. The normalized spacial score (nSPS) is 10.4. The van der Waals surface area contributed by atoms with E-state index >= 15 is 0 Å². The summed E-state index contributed by atoms with van der Waals surface area (Å²) in [6.45, 7) is -0.633. The average Bonchev–Trinajstić information content (AvgIpc) is 2.30. The molecule has 0 radical (unpaired) electrons. The largest absolute Gasteiger partial charge is 0.246 e. The predicted octanol–water partition coefficient (Wildman–Crippen LogP) is 4.62. The van der Waals surface area contributed by atoms with E-state index in [1.807, 2.05) is 0 Å². The lowest BCUT2D eigenvalue weighted by Gasteiger charge is -2.08. The molecule has 0 bridgehead atoms. The second-order valence-electron chi connectivity index (χ2n) is 3.41. The third kappa shape index (κ3) is 2.07. The van der Waals surface area contributed by atoms with Crippen LogP contribution in [0.1, 0.15) is 5.56 Å². The summed E-state index contributed by atoms with van der Waals surface area (Å²) in [7, 11) is 0. The van der Waals surface area contributed by atoms with E-state index in [-0.39, 0.29) is 5.82 Å². The van der Waals surface area contributed by atoms with Crippen LogP contribution in [0.4, 0.5) is 8.78 Å². The molecule has 0 heterocycles. The Hall–Kier alpha value is -1.41. The molecule has 0 spiro atoms. The van der Waals surface area contributed by atoms with Crippen molar-refractivity contribution in [1.29, 1.82) is 0 Å². The van der Waals surface area contributed by atoms with Crippen LogP contribution in [0.15, 0.2) is 42.5 Å². The molecule has 16 heavy (non-hydrogen) atoms. The number of alkyl halides is 1. The second-order valence-corrected chi connectivity index (χ2v) is 3.81. The minimum absolute atomic E-state index is 0.312. The Morgan fingerprint density at radius 2 is 1.69 bits per heavy atom. The fourth-order valence-electron chi connectivity index (χ4n) is 1.59. The zero-order valence-corrected chi connectivity index (χ0v) is 9.14. The van der Waals surface area contributed by atoms with Crippen LogP contribution in [0.2, 0.25) is 5.02 Å². The van der Waals surface area contributed by atoms with Gasteiger partial charge >= 0.3 is 0 Å². The van der Waals surface area contributed by atoms with E-state index in [9.17, 15) is 8.78 Å². The first kappa shape index (κ1) is 11.1. The zero-order chi connectivity index (χ0) is 11.5. The molecule has 0 fully saturated rings. The van der Waals surface area contributed by atoms with Gasteiger partial charge in [-0.05, 0) is 29.3 Å². The first-order chi connectivity index (χ1) is 7.72. The van der Waals surface area contributed by atoms with Gasteiger partial charge in [-0.15, -0.1) is 0 Å². The molecule has 82 valence electrons. The van der Waals surface area contributed by atoms with Gasteiger partial charge in [-0.2, -0.15) is 0 Å². The third-order valence-electron chi connectivity index (χ3n) is 2.41. The smallest absolute Gasteiger partial charge is 0.123 e. The fraction of sp³-hybridized carbons (Fsp3) is 0.0769. The Labute approximate surface area is 97.5 Å². The summed E-state index contributed by atoms with van der Waals surface area (Å²) in [6, 6.07) is 11.1. The lowest BCUT2D eigenvalue weighted by atomic mass is 10.0. The molecule has 2 aromatic rings. The highest BCUT2D eigenvalue weighted by Crippen LogP contribution is 2.29. The van der Waals surface area contributed by atoms with E-state index in [2.05, 4.69) is 0 Å². The first-order valence-corrected chi connectivity index (χ1v) is 5.19. The van der Waals surface area contributed by atoms with E-state index in [1.54, 1.807) is 30.3 Å². The molecule has 0 unspecified atom stereocenters. The fourth-order valence-corrected chi connectivity index (χ4v) is 1.82. The maximum absolute atomic E-state index is 12.9. The number of rotatable bonds is 2. The summed E-state index contributed by atoms with van der Waals surface area (Å²) in [5, 5.41) is 0.393. The molecule has 0 aliphatic heterocycles. The van der Waals surface area contributed by atoms with Gasteiger partial charge in [0, 0.05) is 10.6 Å². The molecule has 0 amide bonds. The van der Waals surface area contributed by atoms with Crippen LogP contribution in [-0.2, 0) is 6.67 Å². The van der Waals surface area contributed by atoms with Crippen molar-refractivity contribution in [1.82, 2.24) is 0 Å². The van der Waals surface area contributed by atoms with Crippen molar-refractivity contribution in [2.24, 2.45) is 0 Å². The van der Waals surface area contributed by atoms with E-state index in [4.69, 9.17) is 11.6 Å². The van der Waals surface area contributed by atoms with Gasteiger partial charge in [0.05, 0.1) is 0 Å². The number of halogens is 3. The van der Waals surface area contributed by atoms with Crippen molar-refractivity contribution in [2.75, 3.05) is 0 Å². The molecule has 0 N–H and O–H groups in total. The summed E-state index contributed by atoms with van der Waals surface area (Å²) < 4.78 is 25.6. The summed E-state index contributed by atoms with van der Waals surface area (Å²) in [5.74, 6) is -0.312. The van der Waals surface area contributed by atoms with Gasteiger partial charge in [0.1, 0.15) is 12.5 Å². The van der Waals surface area contributed by atoms with Crippen molar-refractivity contribution in [3.05, 3.63) is 58.9 Å². The Morgan fingerprint density at radius 1 is 1.00 bits per heavy atom. The van der Waals surface area contributed by atoms with Gasteiger partial charge in [-0.1, -0.05) is 35.9 Å². The second kappa shape index (κ2) is 4.62. The molecule has 0 atom stereocenters. The molecular formula is C13H9ClF2. The van der Waals surface area contributed by atoms with Crippen LogP contribution in [0.3, 0.4) is 0 Å². The summed E-state index contributed by atoms with van der Waals surface area (Å²) >= 11 is 5.90. The summed E-state index contributed by atoms with van der Waals surface area (Å²) in [4.78, 5) is 0. The SMILES string of the molecule is FCc1c(Cl)cccc1-c1ccc(F)cc1.